The van der Waals surface area contributed by atoms with Crippen molar-refractivity contribution in [3.8, 4) is 0 Å². The van der Waals surface area contributed by atoms with Crippen molar-refractivity contribution in [3.05, 3.63) is 11.4 Å². The van der Waals surface area contributed by atoms with Crippen molar-refractivity contribution >= 4 is 0 Å². The Balaban J connectivity index is 2.61. The Morgan fingerprint density at radius 1 is 1.38 bits per heavy atom. The number of rotatable bonds is 7. The fourth-order valence-corrected chi connectivity index (χ4v) is 1.81. The summed E-state index contributed by atoms with van der Waals surface area (Å²) in [6.07, 6.45) is 2.10. The lowest BCUT2D eigenvalue weighted by Crippen LogP contribution is -2.10. The predicted molar refractivity (Wildman–Crippen MR) is 63.1 cm³/mol. The molecule has 0 aliphatic rings. The van der Waals surface area contributed by atoms with Crippen LogP contribution in [0.2, 0.25) is 0 Å². The van der Waals surface area contributed by atoms with Crippen LogP contribution in [0.15, 0.2) is 0 Å². The molecule has 0 unspecified atom stereocenters. The summed E-state index contributed by atoms with van der Waals surface area (Å²) in [5, 5.41) is 8.26. The molecular weight excluding hydrogens is 204 g/mol. The Morgan fingerprint density at radius 3 is 2.69 bits per heavy atom. The van der Waals surface area contributed by atoms with E-state index in [9.17, 15) is 0 Å². The molecule has 1 rings (SSSR count). The first-order chi connectivity index (χ1) is 7.70. The fraction of sp³-hybridized carbons (Fsp3) is 0.818. The van der Waals surface area contributed by atoms with E-state index in [0.717, 1.165) is 31.7 Å². The van der Waals surface area contributed by atoms with Crippen molar-refractivity contribution in [1.29, 1.82) is 0 Å². The third kappa shape index (κ3) is 3.28. The van der Waals surface area contributed by atoms with Crippen molar-refractivity contribution in [2.45, 2.75) is 45.7 Å². The highest BCUT2D eigenvalue weighted by molar-refractivity contribution is 5.13. The lowest BCUT2D eigenvalue weighted by Gasteiger charge is -2.10. The molecule has 2 N–H and O–H groups in total. The Morgan fingerprint density at radius 2 is 2.12 bits per heavy atom. The SMILES string of the molecule is COCCCCn1nnc(CN)c1C(C)C. The van der Waals surface area contributed by atoms with Gasteiger partial charge in [0.2, 0.25) is 0 Å². The van der Waals surface area contributed by atoms with Gasteiger partial charge in [0.15, 0.2) is 0 Å². The second-order valence-electron chi connectivity index (χ2n) is 4.20. The molecule has 1 heterocycles. The highest BCUT2D eigenvalue weighted by atomic mass is 16.5. The highest BCUT2D eigenvalue weighted by Crippen LogP contribution is 2.17. The van der Waals surface area contributed by atoms with Crippen molar-refractivity contribution < 1.29 is 4.74 Å². The number of hydrogen-bond donors (Lipinski definition) is 1. The van der Waals surface area contributed by atoms with Crippen molar-refractivity contribution in [1.82, 2.24) is 15.0 Å². The van der Waals surface area contributed by atoms with Crippen LogP contribution >= 0.6 is 0 Å². The topological polar surface area (TPSA) is 66.0 Å². The third-order valence-electron chi connectivity index (χ3n) is 2.56. The summed E-state index contributed by atoms with van der Waals surface area (Å²) in [6, 6.07) is 0. The first-order valence-electron chi connectivity index (χ1n) is 5.82. The van der Waals surface area contributed by atoms with Gasteiger partial charge in [0.25, 0.3) is 0 Å². The summed E-state index contributed by atoms with van der Waals surface area (Å²) in [5.74, 6) is 0.413. The van der Waals surface area contributed by atoms with Gasteiger partial charge in [0, 0.05) is 26.8 Å². The maximum atomic E-state index is 5.64. The Bertz CT molecular complexity index is 309. The van der Waals surface area contributed by atoms with Gasteiger partial charge in [-0.2, -0.15) is 0 Å². The summed E-state index contributed by atoms with van der Waals surface area (Å²) in [6.45, 7) is 6.44. The van der Waals surface area contributed by atoms with Crippen LogP contribution in [0.4, 0.5) is 0 Å². The second kappa shape index (κ2) is 6.60. The van der Waals surface area contributed by atoms with Crippen LogP contribution < -0.4 is 5.73 Å². The standard InChI is InChI=1S/C11H22N4O/c1-9(2)11-10(8-12)13-14-15(11)6-4-5-7-16-3/h9H,4-8,12H2,1-3H3. The number of aromatic nitrogens is 3. The molecule has 1 aromatic heterocycles. The van der Waals surface area contributed by atoms with Crippen molar-refractivity contribution in [3.63, 3.8) is 0 Å². The first-order valence-corrected chi connectivity index (χ1v) is 5.82. The maximum absolute atomic E-state index is 5.64. The fourth-order valence-electron chi connectivity index (χ4n) is 1.81. The minimum absolute atomic E-state index is 0.413. The molecule has 0 amide bonds. The van der Waals surface area contributed by atoms with Gasteiger partial charge in [-0.3, -0.25) is 0 Å². The van der Waals surface area contributed by atoms with Gasteiger partial charge in [-0.25, -0.2) is 4.68 Å². The van der Waals surface area contributed by atoms with Crippen molar-refractivity contribution in [2.75, 3.05) is 13.7 Å². The van der Waals surface area contributed by atoms with E-state index >= 15 is 0 Å². The molecule has 0 saturated heterocycles. The summed E-state index contributed by atoms with van der Waals surface area (Å²) in [5.41, 5.74) is 7.73. The zero-order valence-corrected chi connectivity index (χ0v) is 10.4. The predicted octanol–water partition coefficient (Wildman–Crippen LogP) is 1.29. The molecule has 0 aliphatic heterocycles. The molecule has 16 heavy (non-hydrogen) atoms. The lowest BCUT2D eigenvalue weighted by molar-refractivity contribution is 0.190. The van der Waals surface area contributed by atoms with E-state index < -0.39 is 0 Å². The van der Waals surface area contributed by atoms with Gasteiger partial charge in [-0.05, 0) is 18.8 Å². The van der Waals surface area contributed by atoms with E-state index in [1.54, 1.807) is 7.11 Å². The number of methoxy groups -OCH3 is 1. The number of unbranched alkanes of at least 4 members (excludes halogenated alkanes) is 1. The van der Waals surface area contributed by atoms with E-state index in [1.165, 1.54) is 5.69 Å². The average molecular weight is 226 g/mol. The summed E-state index contributed by atoms with van der Waals surface area (Å²) in [7, 11) is 1.72. The van der Waals surface area contributed by atoms with Crippen LogP contribution in [0.1, 0.15) is 44.0 Å². The summed E-state index contributed by atoms with van der Waals surface area (Å²) < 4.78 is 6.99. The summed E-state index contributed by atoms with van der Waals surface area (Å²) >= 11 is 0. The normalized spacial score (nSPS) is 11.3. The lowest BCUT2D eigenvalue weighted by atomic mass is 10.1. The van der Waals surface area contributed by atoms with Crippen molar-refractivity contribution in [2.24, 2.45) is 5.73 Å². The molecule has 0 spiro atoms. The van der Waals surface area contributed by atoms with Crippen LogP contribution in [0.3, 0.4) is 0 Å². The molecule has 1 aromatic rings. The molecule has 0 radical (unpaired) electrons. The van der Waals surface area contributed by atoms with E-state index in [1.807, 2.05) is 4.68 Å². The van der Waals surface area contributed by atoms with Crippen LogP contribution in [0, 0.1) is 0 Å². The van der Waals surface area contributed by atoms with Gasteiger partial charge in [0.05, 0.1) is 11.4 Å². The summed E-state index contributed by atoms with van der Waals surface area (Å²) in [4.78, 5) is 0. The molecule has 0 saturated carbocycles. The number of ether oxygens (including phenoxy) is 1. The van der Waals surface area contributed by atoms with E-state index in [0.29, 0.717) is 12.5 Å². The first kappa shape index (κ1) is 13.1. The minimum Gasteiger partial charge on any atom is -0.385 e. The molecule has 5 heteroatoms. The second-order valence-corrected chi connectivity index (χ2v) is 4.20. The Labute approximate surface area is 97.0 Å². The molecule has 0 bridgehead atoms. The number of nitrogens with two attached hydrogens (primary N) is 1. The molecule has 92 valence electrons. The third-order valence-corrected chi connectivity index (χ3v) is 2.56. The van der Waals surface area contributed by atoms with Gasteiger partial charge < -0.3 is 10.5 Å². The zero-order chi connectivity index (χ0) is 12.0. The van der Waals surface area contributed by atoms with Crippen LogP contribution in [-0.4, -0.2) is 28.7 Å². The zero-order valence-electron chi connectivity index (χ0n) is 10.4. The molecule has 0 fully saturated rings. The van der Waals surface area contributed by atoms with Gasteiger partial charge in [-0.15, -0.1) is 5.10 Å². The molecule has 0 aliphatic carbocycles. The molecule has 5 nitrogen and oxygen atoms in total. The maximum Gasteiger partial charge on any atom is 0.0997 e. The minimum atomic E-state index is 0.413. The average Bonchev–Trinajstić information content (AvgIpc) is 2.67. The monoisotopic (exact) mass is 226 g/mol. The number of nitrogens with zero attached hydrogens (tertiary/aromatic N) is 3. The number of aryl methyl sites for hydroxylation is 1. The Kier molecular flexibility index (Phi) is 5.42. The van der Waals surface area contributed by atoms with Crippen LogP contribution in [-0.2, 0) is 17.8 Å². The largest absolute Gasteiger partial charge is 0.385 e. The van der Waals surface area contributed by atoms with Gasteiger partial charge >= 0.3 is 0 Å². The van der Waals surface area contributed by atoms with E-state index in [2.05, 4.69) is 24.2 Å². The Hall–Kier alpha value is -0.940. The number of hydrogen-bond acceptors (Lipinski definition) is 4. The molecular formula is C11H22N4O. The van der Waals surface area contributed by atoms with Gasteiger partial charge in [-0.1, -0.05) is 19.1 Å². The van der Waals surface area contributed by atoms with Gasteiger partial charge in [0.1, 0.15) is 0 Å². The highest BCUT2D eigenvalue weighted by Gasteiger charge is 2.14. The van der Waals surface area contributed by atoms with E-state index in [-0.39, 0.29) is 0 Å². The van der Waals surface area contributed by atoms with E-state index in [4.69, 9.17) is 10.5 Å². The quantitative estimate of drug-likeness (QED) is 0.711. The molecule has 0 aromatic carbocycles. The smallest absolute Gasteiger partial charge is 0.0997 e. The van der Waals surface area contributed by atoms with Crippen LogP contribution in [0.5, 0.6) is 0 Å². The van der Waals surface area contributed by atoms with Crippen LogP contribution in [0.25, 0.3) is 0 Å². The molecule has 0 atom stereocenters.